The van der Waals surface area contributed by atoms with Crippen LogP contribution in [0.1, 0.15) is 15.9 Å². The number of carbonyl (C=O) groups excluding carboxylic acids is 1. The highest BCUT2D eigenvalue weighted by Crippen LogP contribution is 2.18. The topological polar surface area (TPSA) is 42.0 Å². The van der Waals surface area contributed by atoms with Crippen molar-refractivity contribution in [3.63, 3.8) is 0 Å². The summed E-state index contributed by atoms with van der Waals surface area (Å²) in [5, 5.41) is 2.47. The summed E-state index contributed by atoms with van der Waals surface area (Å²) in [5.74, 6) is -2.94. The van der Waals surface area contributed by atoms with Crippen molar-refractivity contribution in [3.8, 4) is 0 Å². The molecule has 98 valence electrons. The average Bonchev–Trinajstić information content (AvgIpc) is 2.37. The predicted molar refractivity (Wildman–Crippen MR) is 71.0 cm³/mol. The zero-order valence-electron chi connectivity index (χ0n) is 9.88. The Bertz CT molecular complexity index is 647. The number of amides is 1. The van der Waals surface area contributed by atoms with E-state index in [0.717, 1.165) is 11.6 Å². The van der Waals surface area contributed by atoms with E-state index in [0.29, 0.717) is 10.3 Å². The fourth-order valence-electron chi connectivity index (χ4n) is 1.50. The lowest BCUT2D eigenvalue weighted by molar-refractivity contribution is 0.102. The number of aryl methyl sites for hydroxylation is 1. The second-order valence-corrected chi connectivity index (χ2v) is 4.64. The normalized spacial score (nSPS) is 10.3. The summed E-state index contributed by atoms with van der Waals surface area (Å²) in [7, 11) is 0. The molecular formula is C13H9BrF2N2O. The number of rotatable bonds is 2. The number of hydrogen-bond donors (Lipinski definition) is 1. The molecule has 3 nitrogen and oxygen atoms in total. The first-order valence-corrected chi connectivity index (χ1v) is 6.16. The summed E-state index contributed by atoms with van der Waals surface area (Å²) in [6.45, 7) is 1.80. The molecule has 0 spiro atoms. The van der Waals surface area contributed by atoms with Gasteiger partial charge in [-0.1, -0.05) is 6.07 Å². The monoisotopic (exact) mass is 326 g/mol. The first-order valence-electron chi connectivity index (χ1n) is 5.36. The minimum Gasteiger partial charge on any atom is -0.320 e. The summed E-state index contributed by atoms with van der Waals surface area (Å²) in [4.78, 5) is 15.8. The molecule has 0 fully saturated rings. The highest BCUT2D eigenvalue weighted by atomic mass is 79.9. The number of hydrogen-bond acceptors (Lipinski definition) is 2. The summed E-state index contributed by atoms with van der Waals surface area (Å²) in [5.41, 5.74) is 0.882. The van der Waals surface area contributed by atoms with Crippen LogP contribution < -0.4 is 5.32 Å². The van der Waals surface area contributed by atoms with Gasteiger partial charge in [0, 0.05) is 0 Å². The van der Waals surface area contributed by atoms with Crippen LogP contribution in [0.25, 0.3) is 0 Å². The van der Waals surface area contributed by atoms with Gasteiger partial charge in [-0.05, 0) is 46.6 Å². The fraction of sp³-hybridized carbons (Fsp3) is 0.0769. The van der Waals surface area contributed by atoms with Gasteiger partial charge in [-0.15, -0.1) is 0 Å². The van der Waals surface area contributed by atoms with E-state index >= 15 is 0 Å². The van der Waals surface area contributed by atoms with E-state index in [4.69, 9.17) is 0 Å². The van der Waals surface area contributed by atoms with Gasteiger partial charge in [0.1, 0.15) is 4.60 Å². The second kappa shape index (κ2) is 5.44. The van der Waals surface area contributed by atoms with Gasteiger partial charge < -0.3 is 5.32 Å². The zero-order valence-corrected chi connectivity index (χ0v) is 11.5. The Morgan fingerprint density at radius 2 is 2.11 bits per heavy atom. The molecule has 1 heterocycles. The van der Waals surface area contributed by atoms with Crippen LogP contribution in [0.15, 0.2) is 35.1 Å². The van der Waals surface area contributed by atoms with Crippen LogP contribution in [0.3, 0.4) is 0 Å². The minimum absolute atomic E-state index is 0.347. The highest BCUT2D eigenvalue weighted by molar-refractivity contribution is 9.10. The standard InChI is InChI=1S/C13H9BrF2N2O/c1-7-5-8(6-17-12(7)14)18-13(19)9-3-2-4-10(15)11(9)16/h2-6H,1H3,(H,18,19). The molecule has 0 bridgehead atoms. The zero-order chi connectivity index (χ0) is 14.0. The summed E-state index contributed by atoms with van der Waals surface area (Å²) < 4.78 is 27.1. The lowest BCUT2D eigenvalue weighted by Crippen LogP contribution is -2.14. The van der Waals surface area contributed by atoms with Crippen molar-refractivity contribution in [3.05, 3.63) is 57.8 Å². The van der Waals surface area contributed by atoms with Crippen LogP contribution in [-0.2, 0) is 0 Å². The van der Waals surface area contributed by atoms with Crippen LogP contribution in [0.2, 0.25) is 0 Å². The van der Waals surface area contributed by atoms with E-state index in [-0.39, 0.29) is 5.56 Å². The van der Waals surface area contributed by atoms with E-state index < -0.39 is 17.5 Å². The molecule has 2 aromatic rings. The molecule has 0 aliphatic rings. The number of aromatic nitrogens is 1. The third-order valence-corrected chi connectivity index (χ3v) is 3.30. The Morgan fingerprint density at radius 3 is 2.79 bits per heavy atom. The Labute approximate surface area is 116 Å². The molecule has 0 unspecified atom stereocenters. The van der Waals surface area contributed by atoms with Gasteiger partial charge in [0.15, 0.2) is 11.6 Å². The van der Waals surface area contributed by atoms with Crippen molar-refractivity contribution >= 4 is 27.5 Å². The number of benzene rings is 1. The number of halogens is 3. The molecule has 0 radical (unpaired) electrons. The molecule has 0 aliphatic heterocycles. The molecule has 0 saturated heterocycles. The number of anilines is 1. The second-order valence-electron chi connectivity index (χ2n) is 3.89. The SMILES string of the molecule is Cc1cc(NC(=O)c2cccc(F)c2F)cnc1Br. The molecule has 1 aromatic carbocycles. The van der Waals surface area contributed by atoms with E-state index in [1.165, 1.54) is 18.3 Å². The van der Waals surface area contributed by atoms with Gasteiger partial charge in [0.25, 0.3) is 5.91 Å². The third-order valence-electron chi connectivity index (χ3n) is 2.47. The van der Waals surface area contributed by atoms with Crippen molar-refractivity contribution in [1.82, 2.24) is 4.98 Å². The van der Waals surface area contributed by atoms with Crippen LogP contribution in [0.5, 0.6) is 0 Å². The lowest BCUT2D eigenvalue weighted by atomic mass is 10.2. The lowest BCUT2D eigenvalue weighted by Gasteiger charge is -2.07. The molecule has 2 rings (SSSR count). The Balaban J connectivity index is 2.26. The van der Waals surface area contributed by atoms with Gasteiger partial charge >= 0.3 is 0 Å². The van der Waals surface area contributed by atoms with Gasteiger partial charge in [-0.25, -0.2) is 13.8 Å². The molecule has 19 heavy (non-hydrogen) atoms. The van der Waals surface area contributed by atoms with Crippen LogP contribution in [0, 0.1) is 18.6 Å². The van der Waals surface area contributed by atoms with Gasteiger partial charge in [0.05, 0.1) is 17.4 Å². The van der Waals surface area contributed by atoms with Crippen molar-refractivity contribution in [2.24, 2.45) is 0 Å². The van der Waals surface area contributed by atoms with Crippen molar-refractivity contribution in [2.45, 2.75) is 6.92 Å². The number of pyridine rings is 1. The number of nitrogens with one attached hydrogen (secondary N) is 1. The maximum absolute atomic E-state index is 13.4. The third kappa shape index (κ3) is 2.96. The maximum Gasteiger partial charge on any atom is 0.258 e. The van der Waals surface area contributed by atoms with Crippen LogP contribution in [0.4, 0.5) is 14.5 Å². The molecule has 0 aliphatic carbocycles. The molecule has 1 aromatic heterocycles. The average molecular weight is 327 g/mol. The number of carbonyl (C=O) groups is 1. The van der Waals surface area contributed by atoms with E-state index in [9.17, 15) is 13.6 Å². The summed E-state index contributed by atoms with van der Waals surface area (Å²) in [6, 6.07) is 5.12. The fourth-order valence-corrected chi connectivity index (χ4v) is 1.72. The quantitative estimate of drug-likeness (QED) is 0.855. The Kier molecular flexibility index (Phi) is 3.90. The Hall–Kier alpha value is -1.82. The van der Waals surface area contributed by atoms with E-state index in [2.05, 4.69) is 26.2 Å². The van der Waals surface area contributed by atoms with Crippen LogP contribution >= 0.6 is 15.9 Å². The van der Waals surface area contributed by atoms with Crippen LogP contribution in [-0.4, -0.2) is 10.9 Å². The van der Waals surface area contributed by atoms with Gasteiger partial charge in [-0.3, -0.25) is 4.79 Å². The maximum atomic E-state index is 13.4. The largest absolute Gasteiger partial charge is 0.320 e. The van der Waals surface area contributed by atoms with Crippen molar-refractivity contribution < 1.29 is 13.6 Å². The van der Waals surface area contributed by atoms with Gasteiger partial charge in [-0.2, -0.15) is 0 Å². The van der Waals surface area contributed by atoms with Crippen molar-refractivity contribution in [2.75, 3.05) is 5.32 Å². The molecular weight excluding hydrogens is 318 g/mol. The molecule has 6 heteroatoms. The van der Waals surface area contributed by atoms with E-state index in [1.54, 1.807) is 13.0 Å². The molecule has 0 atom stereocenters. The smallest absolute Gasteiger partial charge is 0.258 e. The first-order chi connectivity index (χ1) is 8.99. The molecule has 0 saturated carbocycles. The highest BCUT2D eigenvalue weighted by Gasteiger charge is 2.15. The number of nitrogens with zero attached hydrogens (tertiary/aromatic N) is 1. The molecule has 1 N–H and O–H groups in total. The molecule has 1 amide bonds. The summed E-state index contributed by atoms with van der Waals surface area (Å²) in [6.07, 6.45) is 1.42. The first kappa shape index (κ1) is 13.6. The van der Waals surface area contributed by atoms with E-state index in [1.807, 2.05) is 0 Å². The van der Waals surface area contributed by atoms with Crippen molar-refractivity contribution in [1.29, 1.82) is 0 Å². The Morgan fingerprint density at radius 1 is 1.37 bits per heavy atom. The summed E-state index contributed by atoms with van der Waals surface area (Å²) >= 11 is 3.23. The van der Waals surface area contributed by atoms with Gasteiger partial charge in [0.2, 0.25) is 0 Å². The predicted octanol–water partition coefficient (Wildman–Crippen LogP) is 3.68. The minimum atomic E-state index is -1.17.